The Morgan fingerprint density at radius 3 is 2.75 bits per heavy atom. The van der Waals surface area contributed by atoms with Gasteiger partial charge in [0.1, 0.15) is 5.69 Å². The van der Waals surface area contributed by atoms with Crippen molar-refractivity contribution >= 4 is 11.6 Å². The zero-order chi connectivity index (χ0) is 11.4. The van der Waals surface area contributed by atoms with Gasteiger partial charge in [-0.15, -0.1) is 0 Å². The monoisotopic (exact) mass is 215 g/mol. The first-order chi connectivity index (χ1) is 7.81. The van der Waals surface area contributed by atoms with Gasteiger partial charge in [0.2, 0.25) is 0 Å². The van der Waals surface area contributed by atoms with Crippen LogP contribution < -0.4 is 5.32 Å². The van der Waals surface area contributed by atoms with E-state index in [-0.39, 0.29) is 5.91 Å². The van der Waals surface area contributed by atoms with Crippen molar-refractivity contribution < 1.29 is 4.79 Å². The Morgan fingerprint density at radius 1 is 1.31 bits per heavy atom. The largest absolute Gasteiger partial charge is 0.321 e. The maximum atomic E-state index is 11.9. The Balaban J connectivity index is 2.15. The number of nitrogens with one attached hydrogen (secondary N) is 1. The van der Waals surface area contributed by atoms with Crippen molar-refractivity contribution in [3.8, 4) is 0 Å². The van der Waals surface area contributed by atoms with Gasteiger partial charge in [-0.1, -0.05) is 18.2 Å². The lowest BCUT2D eigenvalue weighted by atomic mass is 10.3. The van der Waals surface area contributed by atoms with Crippen molar-refractivity contribution in [2.45, 2.75) is 13.5 Å². The second-order valence-electron chi connectivity index (χ2n) is 3.35. The molecule has 4 heteroatoms. The quantitative estimate of drug-likeness (QED) is 0.852. The van der Waals surface area contributed by atoms with Crippen LogP contribution in [0, 0.1) is 0 Å². The minimum absolute atomic E-state index is 0.134. The van der Waals surface area contributed by atoms with Crippen LogP contribution in [-0.2, 0) is 6.54 Å². The number of hydrogen-bond donors (Lipinski definition) is 1. The third-order valence-electron chi connectivity index (χ3n) is 2.28. The van der Waals surface area contributed by atoms with Crippen LogP contribution in [0.5, 0.6) is 0 Å². The van der Waals surface area contributed by atoms with Crippen molar-refractivity contribution in [2.24, 2.45) is 0 Å². The van der Waals surface area contributed by atoms with E-state index < -0.39 is 0 Å². The maximum absolute atomic E-state index is 11.9. The molecule has 0 fully saturated rings. The summed E-state index contributed by atoms with van der Waals surface area (Å²) in [6, 6.07) is 11.1. The molecule has 0 spiro atoms. The van der Waals surface area contributed by atoms with E-state index in [1.807, 2.05) is 37.3 Å². The molecule has 0 aliphatic heterocycles. The second-order valence-corrected chi connectivity index (χ2v) is 3.35. The summed E-state index contributed by atoms with van der Waals surface area (Å²) in [5, 5.41) is 6.87. The topological polar surface area (TPSA) is 46.9 Å². The fraction of sp³-hybridized carbons (Fsp3) is 0.167. The van der Waals surface area contributed by atoms with Gasteiger partial charge in [-0.2, -0.15) is 5.10 Å². The van der Waals surface area contributed by atoms with Crippen LogP contribution in [0.25, 0.3) is 0 Å². The minimum Gasteiger partial charge on any atom is -0.321 e. The van der Waals surface area contributed by atoms with E-state index >= 15 is 0 Å². The fourth-order valence-corrected chi connectivity index (χ4v) is 1.49. The van der Waals surface area contributed by atoms with E-state index in [0.29, 0.717) is 12.2 Å². The molecular weight excluding hydrogens is 202 g/mol. The van der Waals surface area contributed by atoms with E-state index in [9.17, 15) is 4.79 Å². The molecule has 16 heavy (non-hydrogen) atoms. The van der Waals surface area contributed by atoms with Gasteiger partial charge in [0, 0.05) is 18.4 Å². The molecular formula is C12H13N3O. The Bertz CT molecular complexity index is 476. The lowest BCUT2D eigenvalue weighted by molar-refractivity contribution is 0.101. The van der Waals surface area contributed by atoms with Gasteiger partial charge in [0.05, 0.1) is 0 Å². The third-order valence-corrected chi connectivity index (χ3v) is 2.28. The zero-order valence-corrected chi connectivity index (χ0v) is 9.05. The van der Waals surface area contributed by atoms with Crippen molar-refractivity contribution in [3.05, 3.63) is 48.3 Å². The molecule has 0 saturated heterocycles. The molecule has 2 aromatic rings. The summed E-state index contributed by atoms with van der Waals surface area (Å²) in [7, 11) is 0. The second kappa shape index (κ2) is 4.61. The van der Waals surface area contributed by atoms with E-state index in [2.05, 4.69) is 10.4 Å². The van der Waals surface area contributed by atoms with Gasteiger partial charge in [-0.3, -0.25) is 9.48 Å². The van der Waals surface area contributed by atoms with Crippen LogP contribution in [0.2, 0.25) is 0 Å². The van der Waals surface area contributed by atoms with Crippen LogP contribution in [0.4, 0.5) is 5.69 Å². The first-order valence-corrected chi connectivity index (χ1v) is 5.19. The van der Waals surface area contributed by atoms with Gasteiger partial charge in [-0.25, -0.2) is 0 Å². The number of anilines is 1. The van der Waals surface area contributed by atoms with E-state index in [0.717, 1.165) is 5.69 Å². The fourth-order valence-electron chi connectivity index (χ4n) is 1.49. The summed E-state index contributed by atoms with van der Waals surface area (Å²) in [6.07, 6.45) is 1.63. The highest BCUT2D eigenvalue weighted by molar-refractivity contribution is 6.02. The standard InChI is InChI=1S/C12H13N3O/c1-2-15-11(8-9-13-15)12(16)14-10-6-4-3-5-7-10/h3-9H,2H2,1H3,(H,14,16). The summed E-state index contributed by atoms with van der Waals surface area (Å²) in [5.41, 5.74) is 1.36. The summed E-state index contributed by atoms with van der Waals surface area (Å²) in [4.78, 5) is 11.9. The molecule has 0 aliphatic carbocycles. The number of para-hydroxylation sites is 1. The van der Waals surface area contributed by atoms with Gasteiger partial charge in [0.15, 0.2) is 0 Å². The highest BCUT2D eigenvalue weighted by Gasteiger charge is 2.10. The van der Waals surface area contributed by atoms with Gasteiger partial charge in [-0.05, 0) is 25.1 Å². The molecule has 0 aliphatic rings. The van der Waals surface area contributed by atoms with Crippen molar-refractivity contribution in [1.82, 2.24) is 9.78 Å². The molecule has 0 unspecified atom stereocenters. The van der Waals surface area contributed by atoms with Crippen molar-refractivity contribution in [1.29, 1.82) is 0 Å². The molecule has 1 N–H and O–H groups in total. The molecule has 1 aromatic heterocycles. The van der Waals surface area contributed by atoms with Gasteiger partial charge in [0.25, 0.3) is 5.91 Å². The summed E-state index contributed by atoms with van der Waals surface area (Å²) in [6.45, 7) is 2.64. The number of nitrogens with zero attached hydrogens (tertiary/aromatic N) is 2. The third kappa shape index (κ3) is 2.11. The molecule has 0 saturated carbocycles. The Kier molecular flexibility index (Phi) is 3.00. The number of amides is 1. The van der Waals surface area contributed by atoms with Crippen molar-refractivity contribution in [3.63, 3.8) is 0 Å². The normalized spacial score (nSPS) is 10.1. The molecule has 4 nitrogen and oxygen atoms in total. The molecule has 82 valence electrons. The minimum atomic E-state index is -0.134. The molecule has 2 rings (SSSR count). The first-order valence-electron chi connectivity index (χ1n) is 5.19. The Labute approximate surface area is 93.9 Å². The molecule has 1 heterocycles. The van der Waals surface area contributed by atoms with Crippen molar-refractivity contribution in [2.75, 3.05) is 5.32 Å². The zero-order valence-electron chi connectivity index (χ0n) is 9.05. The summed E-state index contributed by atoms with van der Waals surface area (Å²) >= 11 is 0. The van der Waals surface area contributed by atoms with E-state index in [1.165, 1.54) is 0 Å². The Hall–Kier alpha value is -2.10. The number of benzene rings is 1. The lowest BCUT2D eigenvalue weighted by Crippen LogP contribution is -2.17. The molecule has 1 aromatic carbocycles. The van der Waals surface area contributed by atoms with Crippen LogP contribution in [0.3, 0.4) is 0 Å². The van der Waals surface area contributed by atoms with Crippen LogP contribution in [0.15, 0.2) is 42.6 Å². The first kappa shape index (κ1) is 10.4. The number of aromatic nitrogens is 2. The maximum Gasteiger partial charge on any atom is 0.273 e. The smallest absolute Gasteiger partial charge is 0.273 e. The highest BCUT2D eigenvalue weighted by atomic mass is 16.2. The summed E-state index contributed by atoms with van der Waals surface area (Å²) in [5.74, 6) is -0.134. The number of rotatable bonds is 3. The van der Waals surface area contributed by atoms with Crippen LogP contribution >= 0.6 is 0 Å². The lowest BCUT2D eigenvalue weighted by Gasteiger charge is -2.06. The summed E-state index contributed by atoms with van der Waals surface area (Å²) < 4.78 is 1.66. The van der Waals surface area contributed by atoms with Gasteiger partial charge >= 0.3 is 0 Å². The SMILES string of the molecule is CCn1nccc1C(=O)Nc1ccccc1. The van der Waals surface area contributed by atoms with Gasteiger partial charge < -0.3 is 5.32 Å². The van der Waals surface area contributed by atoms with E-state index in [4.69, 9.17) is 0 Å². The number of carbonyl (C=O) groups is 1. The average Bonchev–Trinajstić information content (AvgIpc) is 2.78. The predicted octanol–water partition coefficient (Wildman–Crippen LogP) is 2.16. The predicted molar refractivity (Wildman–Crippen MR) is 62.3 cm³/mol. The van der Waals surface area contributed by atoms with Crippen LogP contribution in [0.1, 0.15) is 17.4 Å². The van der Waals surface area contributed by atoms with E-state index in [1.54, 1.807) is 16.9 Å². The molecule has 1 amide bonds. The molecule has 0 atom stereocenters. The number of hydrogen-bond acceptors (Lipinski definition) is 2. The Morgan fingerprint density at radius 2 is 2.06 bits per heavy atom. The molecule has 0 radical (unpaired) electrons. The number of carbonyl (C=O) groups excluding carboxylic acids is 1. The number of aryl methyl sites for hydroxylation is 1. The average molecular weight is 215 g/mol. The highest BCUT2D eigenvalue weighted by Crippen LogP contribution is 2.08. The van der Waals surface area contributed by atoms with Crippen LogP contribution in [-0.4, -0.2) is 15.7 Å². The molecule has 0 bridgehead atoms.